The van der Waals surface area contributed by atoms with Crippen LogP contribution in [0.4, 0.5) is 0 Å². The van der Waals surface area contributed by atoms with Crippen molar-refractivity contribution in [1.82, 2.24) is 9.91 Å². The summed E-state index contributed by atoms with van der Waals surface area (Å²) in [6, 6.07) is 21.3. The van der Waals surface area contributed by atoms with E-state index < -0.39 is 0 Å². The highest BCUT2D eigenvalue weighted by atomic mass is 32.1. The molecule has 4 rings (SSSR count). The minimum absolute atomic E-state index is 0.183. The summed E-state index contributed by atoms with van der Waals surface area (Å²) in [6.45, 7) is 2.10. The van der Waals surface area contributed by atoms with E-state index in [0.717, 1.165) is 30.3 Å². The molecule has 0 aromatic heterocycles. The van der Waals surface area contributed by atoms with Crippen LogP contribution in [0.2, 0.25) is 0 Å². The Balaban J connectivity index is 1.64. The molecule has 1 unspecified atom stereocenters. The molecule has 2 aliphatic rings. The molecule has 1 saturated heterocycles. The predicted molar refractivity (Wildman–Crippen MR) is 111 cm³/mol. The first kappa shape index (κ1) is 17.2. The van der Waals surface area contributed by atoms with Crippen molar-refractivity contribution in [2.75, 3.05) is 13.1 Å². The van der Waals surface area contributed by atoms with Crippen LogP contribution >= 0.6 is 12.2 Å². The van der Waals surface area contributed by atoms with Crippen molar-refractivity contribution in [3.05, 3.63) is 71.8 Å². The van der Waals surface area contributed by atoms with Crippen LogP contribution in [0.1, 0.15) is 49.3 Å². The Bertz CT molecular complexity index is 764. The molecule has 4 heteroatoms. The Morgan fingerprint density at radius 3 is 2.12 bits per heavy atom. The third-order valence-corrected chi connectivity index (χ3v) is 5.72. The largest absolute Gasteiger partial charge is 0.348 e. The van der Waals surface area contributed by atoms with E-state index in [0.29, 0.717) is 0 Å². The minimum Gasteiger partial charge on any atom is -0.348 e. The van der Waals surface area contributed by atoms with Gasteiger partial charge in [0.15, 0.2) is 5.11 Å². The van der Waals surface area contributed by atoms with E-state index >= 15 is 0 Å². The molecule has 0 N–H and O–H groups in total. The zero-order valence-corrected chi connectivity index (χ0v) is 15.9. The summed E-state index contributed by atoms with van der Waals surface area (Å²) < 4.78 is 0. The standard InChI is InChI=1S/C22H25N3S/c26-22(24-15-9-1-2-10-16-24)25-21(19-13-7-4-8-14-19)17-20(23-25)18-11-5-3-6-12-18/h3-8,11-14,21H,1-2,9-10,15-17H2. The Kier molecular flexibility index (Phi) is 5.30. The molecule has 0 radical (unpaired) electrons. The van der Waals surface area contributed by atoms with Gasteiger partial charge in [-0.3, -0.25) is 0 Å². The van der Waals surface area contributed by atoms with Crippen molar-refractivity contribution in [2.24, 2.45) is 5.10 Å². The van der Waals surface area contributed by atoms with Crippen LogP contribution in [0.25, 0.3) is 0 Å². The Morgan fingerprint density at radius 1 is 0.846 bits per heavy atom. The summed E-state index contributed by atoms with van der Waals surface area (Å²) in [5.74, 6) is 0. The van der Waals surface area contributed by atoms with Gasteiger partial charge in [0, 0.05) is 19.5 Å². The van der Waals surface area contributed by atoms with Crippen LogP contribution in [0.5, 0.6) is 0 Å². The maximum Gasteiger partial charge on any atom is 0.192 e. The SMILES string of the molecule is S=C(N1CCCCCC1)N1N=C(c2ccccc2)CC1c1ccccc1. The zero-order valence-electron chi connectivity index (χ0n) is 15.1. The van der Waals surface area contributed by atoms with Gasteiger partial charge in [-0.1, -0.05) is 73.5 Å². The fourth-order valence-electron chi connectivity index (χ4n) is 3.83. The van der Waals surface area contributed by atoms with Gasteiger partial charge in [0.1, 0.15) is 0 Å². The normalized spacial score (nSPS) is 20.6. The topological polar surface area (TPSA) is 18.8 Å². The number of hydrazone groups is 1. The van der Waals surface area contributed by atoms with Crippen LogP contribution in [-0.4, -0.2) is 33.8 Å². The lowest BCUT2D eigenvalue weighted by molar-refractivity contribution is 0.303. The lowest BCUT2D eigenvalue weighted by Crippen LogP contribution is -2.41. The predicted octanol–water partition coefficient (Wildman–Crippen LogP) is 5.00. The first-order valence-corrected chi connectivity index (χ1v) is 10.00. The molecular formula is C22H25N3S. The number of benzene rings is 2. The maximum absolute atomic E-state index is 5.92. The Hall–Kier alpha value is -2.20. The van der Waals surface area contributed by atoms with E-state index in [-0.39, 0.29) is 6.04 Å². The van der Waals surface area contributed by atoms with E-state index in [1.807, 2.05) is 6.07 Å². The lowest BCUT2D eigenvalue weighted by atomic mass is 9.99. The number of rotatable bonds is 2. The molecule has 2 aromatic rings. The van der Waals surface area contributed by atoms with Crippen molar-refractivity contribution in [2.45, 2.75) is 38.1 Å². The van der Waals surface area contributed by atoms with E-state index in [1.165, 1.54) is 36.8 Å². The number of thiocarbonyl (C=S) groups is 1. The van der Waals surface area contributed by atoms with Crippen LogP contribution < -0.4 is 0 Å². The smallest absolute Gasteiger partial charge is 0.192 e. The van der Waals surface area contributed by atoms with E-state index in [2.05, 4.69) is 64.5 Å². The van der Waals surface area contributed by atoms with Gasteiger partial charge < -0.3 is 4.90 Å². The number of hydrogen-bond donors (Lipinski definition) is 0. The summed E-state index contributed by atoms with van der Waals surface area (Å²) in [5, 5.41) is 7.97. The fourth-order valence-corrected chi connectivity index (χ4v) is 4.18. The summed E-state index contributed by atoms with van der Waals surface area (Å²) in [6.07, 6.45) is 5.94. The van der Waals surface area contributed by atoms with Crippen molar-refractivity contribution >= 4 is 23.0 Å². The van der Waals surface area contributed by atoms with Gasteiger partial charge in [-0.05, 0) is 36.2 Å². The average Bonchev–Trinajstić information content (AvgIpc) is 2.97. The van der Waals surface area contributed by atoms with Gasteiger partial charge in [-0.2, -0.15) is 5.10 Å². The zero-order chi connectivity index (χ0) is 17.8. The maximum atomic E-state index is 5.92. The van der Waals surface area contributed by atoms with Crippen molar-refractivity contribution in [1.29, 1.82) is 0 Å². The molecule has 134 valence electrons. The van der Waals surface area contributed by atoms with Gasteiger partial charge in [-0.25, -0.2) is 5.01 Å². The second-order valence-electron chi connectivity index (χ2n) is 7.07. The first-order valence-electron chi connectivity index (χ1n) is 9.59. The second-order valence-corrected chi connectivity index (χ2v) is 7.44. The van der Waals surface area contributed by atoms with Crippen molar-refractivity contribution in [3.8, 4) is 0 Å². The summed E-state index contributed by atoms with van der Waals surface area (Å²) in [4.78, 5) is 2.36. The third kappa shape index (κ3) is 3.65. The average molecular weight is 364 g/mol. The molecule has 2 heterocycles. The van der Waals surface area contributed by atoms with Crippen LogP contribution in [-0.2, 0) is 0 Å². The highest BCUT2D eigenvalue weighted by Gasteiger charge is 2.33. The molecular weight excluding hydrogens is 338 g/mol. The molecule has 3 nitrogen and oxygen atoms in total. The van der Waals surface area contributed by atoms with Gasteiger partial charge in [-0.15, -0.1) is 0 Å². The highest BCUT2D eigenvalue weighted by Crippen LogP contribution is 2.34. The minimum atomic E-state index is 0.183. The molecule has 1 fully saturated rings. The van der Waals surface area contributed by atoms with Crippen LogP contribution in [0, 0.1) is 0 Å². The number of likely N-dealkylation sites (tertiary alicyclic amines) is 1. The molecule has 2 aliphatic heterocycles. The molecule has 1 atom stereocenters. The van der Waals surface area contributed by atoms with E-state index in [1.54, 1.807) is 0 Å². The molecule has 0 bridgehead atoms. The second kappa shape index (κ2) is 8.00. The monoisotopic (exact) mass is 363 g/mol. The molecule has 0 aliphatic carbocycles. The molecule has 26 heavy (non-hydrogen) atoms. The summed E-state index contributed by atoms with van der Waals surface area (Å²) >= 11 is 5.92. The Morgan fingerprint density at radius 2 is 1.46 bits per heavy atom. The highest BCUT2D eigenvalue weighted by molar-refractivity contribution is 7.80. The quantitative estimate of drug-likeness (QED) is 0.700. The van der Waals surface area contributed by atoms with Crippen LogP contribution in [0.3, 0.4) is 0 Å². The Labute approximate surface area is 161 Å². The number of hydrogen-bond acceptors (Lipinski definition) is 2. The van der Waals surface area contributed by atoms with Crippen molar-refractivity contribution in [3.63, 3.8) is 0 Å². The fraction of sp³-hybridized carbons (Fsp3) is 0.364. The lowest BCUT2D eigenvalue weighted by Gasteiger charge is -2.32. The van der Waals surface area contributed by atoms with Gasteiger partial charge in [0.05, 0.1) is 11.8 Å². The molecule has 0 amide bonds. The van der Waals surface area contributed by atoms with Gasteiger partial charge >= 0.3 is 0 Å². The molecule has 0 spiro atoms. The summed E-state index contributed by atoms with van der Waals surface area (Å²) in [7, 11) is 0. The summed E-state index contributed by atoms with van der Waals surface area (Å²) in [5.41, 5.74) is 3.59. The van der Waals surface area contributed by atoms with Gasteiger partial charge in [0.25, 0.3) is 0 Å². The van der Waals surface area contributed by atoms with E-state index in [4.69, 9.17) is 17.3 Å². The van der Waals surface area contributed by atoms with Gasteiger partial charge in [0.2, 0.25) is 0 Å². The molecule has 2 aromatic carbocycles. The third-order valence-electron chi connectivity index (χ3n) is 5.27. The number of nitrogens with zero attached hydrogens (tertiary/aromatic N) is 3. The molecule has 0 saturated carbocycles. The van der Waals surface area contributed by atoms with Crippen molar-refractivity contribution < 1.29 is 0 Å². The van der Waals surface area contributed by atoms with E-state index in [9.17, 15) is 0 Å². The first-order chi connectivity index (χ1) is 12.8. The van der Waals surface area contributed by atoms with Crippen LogP contribution in [0.15, 0.2) is 65.8 Å².